The van der Waals surface area contributed by atoms with Crippen LogP contribution in [0.25, 0.3) is 0 Å². The molecule has 5 heteroatoms. The summed E-state index contributed by atoms with van der Waals surface area (Å²) in [4.78, 5) is 0. The van der Waals surface area contributed by atoms with Crippen molar-refractivity contribution in [2.75, 3.05) is 6.26 Å². The first kappa shape index (κ1) is 24.1. The Balaban J connectivity index is 0. The Bertz CT molecular complexity index is 481. The second-order valence-corrected chi connectivity index (χ2v) is 11.9. The molecule has 0 nitrogen and oxygen atoms in total. The predicted octanol–water partition coefficient (Wildman–Crippen LogP) is -1.13. The van der Waals surface area contributed by atoms with Crippen molar-refractivity contribution in [1.82, 2.24) is 0 Å². The van der Waals surface area contributed by atoms with Gasteiger partial charge in [-0.3, -0.25) is 6.08 Å². The molecular weight excluding hydrogens is 371 g/mol. The van der Waals surface area contributed by atoms with Crippen molar-refractivity contribution < 1.29 is 46.5 Å². The van der Waals surface area contributed by atoms with Crippen LogP contribution < -0.4 is 24.8 Å². The fourth-order valence-electron chi connectivity index (χ4n) is 3.28. The maximum Gasteiger partial charge on any atom is 3.00 e. The molecule has 1 unspecified atom stereocenters. The van der Waals surface area contributed by atoms with Gasteiger partial charge in [-0.05, 0) is 26.5 Å². The maximum absolute atomic E-state index is 3.59. The normalized spacial score (nSPS) is 24.0. The molecule has 2 aliphatic rings. The van der Waals surface area contributed by atoms with Crippen LogP contribution in [0.4, 0.5) is 0 Å². The van der Waals surface area contributed by atoms with Crippen LogP contribution in [0.3, 0.4) is 0 Å². The fourth-order valence-corrected chi connectivity index (χ4v) is 9.47. The van der Waals surface area contributed by atoms with Crippen molar-refractivity contribution in [2.24, 2.45) is 0 Å². The monoisotopic (exact) mass is 393 g/mol. The molecule has 0 aromatic heterocycles. The van der Waals surface area contributed by atoms with E-state index in [0.717, 1.165) is 6.42 Å². The third-order valence-corrected chi connectivity index (χ3v) is 12.2. The molecule has 2 aliphatic carbocycles. The molecule has 0 saturated carbocycles. The molecule has 0 aromatic carbocycles. The topological polar surface area (TPSA) is 0 Å². The van der Waals surface area contributed by atoms with Crippen LogP contribution in [-0.4, -0.2) is 18.7 Å². The van der Waals surface area contributed by atoms with Crippen molar-refractivity contribution in [3.8, 4) is 0 Å². The van der Waals surface area contributed by atoms with Crippen molar-refractivity contribution in [3.63, 3.8) is 0 Å². The Hall–Kier alpha value is 0.821. The van der Waals surface area contributed by atoms with Crippen LogP contribution in [0.2, 0.25) is 13.1 Å². The molecule has 0 spiro atoms. The van der Waals surface area contributed by atoms with Gasteiger partial charge in [0.25, 0.3) is 0 Å². The largest absolute Gasteiger partial charge is 3.00 e. The van der Waals surface area contributed by atoms with E-state index in [4.69, 9.17) is 0 Å². The third-order valence-electron chi connectivity index (χ3n) is 4.52. The fraction of sp³-hybridized carbons (Fsp3) is 0.500. The minimum absolute atomic E-state index is 0. The Kier molecular flexibility index (Phi) is 10.5. The number of hydrogen-bond donors (Lipinski definition) is 0. The van der Waals surface area contributed by atoms with Crippen LogP contribution in [0.5, 0.6) is 0 Å². The van der Waals surface area contributed by atoms with Crippen LogP contribution >= 0.6 is 11.8 Å². The van der Waals surface area contributed by atoms with Gasteiger partial charge in [-0.15, -0.1) is 6.42 Å². The Labute approximate surface area is 162 Å². The predicted molar refractivity (Wildman–Crippen MR) is 86.4 cm³/mol. The molecule has 1 radical (unpaired) electrons. The van der Waals surface area contributed by atoms with E-state index in [0.29, 0.717) is 4.37 Å². The van der Waals surface area contributed by atoms with Gasteiger partial charge in [0.05, 0.1) is 8.07 Å². The minimum Gasteiger partial charge on any atom is -1.00 e. The van der Waals surface area contributed by atoms with Gasteiger partial charge in [0, 0.05) is 4.37 Å². The zero-order chi connectivity index (χ0) is 13.4. The van der Waals surface area contributed by atoms with E-state index in [1.54, 1.807) is 5.57 Å². The van der Waals surface area contributed by atoms with Crippen LogP contribution in [0.1, 0.15) is 26.7 Å². The van der Waals surface area contributed by atoms with Crippen molar-refractivity contribution in [1.29, 1.82) is 0 Å². The van der Waals surface area contributed by atoms with Gasteiger partial charge in [0.2, 0.25) is 0 Å². The van der Waals surface area contributed by atoms with E-state index in [1.807, 2.05) is 0 Å². The van der Waals surface area contributed by atoms with Gasteiger partial charge >= 0.3 is 21.7 Å². The first-order valence-corrected chi connectivity index (χ1v) is 10.8. The second kappa shape index (κ2) is 9.20. The molecule has 0 heterocycles. The van der Waals surface area contributed by atoms with Crippen molar-refractivity contribution in [3.05, 3.63) is 46.7 Å². The zero-order valence-corrected chi connectivity index (χ0v) is 18.3. The van der Waals surface area contributed by atoms with Gasteiger partial charge in [-0.25, -0.2) is 11.3 Å². The Morgan fingerprint density at radius 1 is 1.24 bits per heavy atom. The van der Waals surface area contributed by atoms with Crippen LogP contribution in [-0.2, 0) is 21.7 Å². The van der Waals surface area contributed by atoms with Gasteiger partial charge in [-0.1, -0.05) is 36.4 Å². The summed E-state index contributed by atoms with van der Waals surface area (Å²) in [5.41, 5.74) is 2.98. The van der Waals surface area contributed by atoms with Crippen LogP contribution in [0, 0.1) is 6.08 Å². The molecule has 2 rings (SSSR count). The van der Waals surface area contributed by atoms with Crippen LogP contribution in [0.15, 0.2) is 40.6 Å². The molecule has 115 valence electrons. The summed E-state index contributed by atoms with van der Waals surface area (Å²) >= 11 is 2.05. The second-order valence-electron chi connectivity index (χ2n) is 5.83. The first-order valence-electron chi connectivity index (χ1n) is 6.62. The molecule has 0 amide bonds. The number of hydrogen-bond acceptors (Lipinski definition) is 1. The number of halogens is 2. The SMILES string of the molecule is CSC1([Si](C)(C)C2=[C-]CC=C2)CC=C(C)C=C1C.[Cl-].[Cl-].[Ti+3]. The zero-order valence-electron chi connectivity index (χ0n) is 13.4. The van der Waals surface area contributed by atoms with Gasteiger partial charge in [-0.2, -0.15) is 17.8 Å². The molecule has 1 atom stereocenters. The summed E-state index contributed by atoms with van der Waals surface area (Å²) in [6.07, 6.45) is 17.4. The molecule has 0 bridgehead atoms. The van der Waals surface area contributed by atoms with E-state index in [2.05, 4.69) is 75.3 Å². The summed E-state index contributed by atoms with van der Waals surface area (Å²) < 4.78 is 0.309. The van der Waals surface area contributed by atoms with Gasteiger partial charge in [0.1, 0.15) is 0 Å². The van der Waals surface area contributed by atoms with E-state index < -0.39 is 8.07 Å². The smallest absolute Gasteiger partial charge is 1.00 e. The maximum atomic E-state index is 3.59. The molecule has 0 aromatic rings. The molecular formula is C16H23Cl2SSiTi. The van der Waals surface area contributed by atoms with Gasteiger partial charge in [0.15, 0.2) is 0 Å². The van der Waals surface area contributed by atoms with Crippen molar-refractivity contribution >= 4 is 19.8 Å². The summed E-state index contributed by atoms with van der Waals surface area (Å²) in [5, 5.41) is 1.51. The number of thioether (sulfide) groups is 1. The van der Waals surface area contributed by atoms with Crippen molar-refractivity contribution in [2.45, 2.75) is 44.2 Å². The number of rotatable bonds is 3. The first-order chi connectivity index (χ1) is 8.44. The standard InChI is InChI=1S/C16H23SSi.2ClH.Ti/c1-13-10-11-16(17-3,14(2)12-13)18(4,5)15-8-6-7-9-15;;;/h6,8,10,12H,7,11H2,1-5H3;2*1H;/q-1;;;+3/p-2. The molecule has 0 fully saturated rings. The molecule has 0 saturated heterocycles. The van der Waals surface area contributed by atoms with E-state index in [9.17, 15) is 0 Å². The summed E-state index contributed by atoms with van der Waals surface area (Å²) in [6.45, 7) is 9.55. The van der Waals surface area contributed by atoms with E-state index in [1.165, 1.54) is 17.2 Å². The summed E-state index contributed by atoms with van der Waals surface area (Å²) in [5.74, 6) is 0. The Morgan fingerprint density at radius 3 is 2.29 bits per heavy atom. The third kappa shape index (κ3) is 4.22. The van der Waals surface area contributed by atoms with E-state index in [-0.39, 0.29) is 46.5 Å². The average Bonchev–Trinajstić information content (AvgIpc) is 2.83. The van der Waals surface area contributed by atoms with E-state index >= 15 is 0 Å². The van der Waals surface area contributed by atoms with Gasteiger partial charge < -0.3 is 24.8 Å². The average molecular weight is 394 g/mol. The quantitative estimate of drug-likeness (QED) is 0.431. The minimum atomic E-state index is -1.54. The molecule has 0 aliphatic heterocycles. The summed E-state index contributed by atoms with van der Waals surface area (Å²) in [6, 6.07) is 0. The molecule has 21 heavy (non-hydrogen) atoms. The number of allylic oxidation sites excluding steroid dienone is 7. The summed E-state index contributed by atoms with van der Waals surface area (Å²) in [7, 11) is -1.54. The molecule has 0 N–H and O–H groups in total. The Morgan fingerprint density at radius 2 is 1.86 bits per heavy atom.